The standard InChI is InChI=1S/C18H15FN4O/c1-10-2-3-11(13(19)8-10)17-20-6-5-15(23-17)16-9-12-14(22-16)4-7-21-18(12)24/h2-3,5-6,8-9,22H,4,7H2,1H3,(H,21,24). The van der Waals surface area contributed by atoms with Gasteiger partial charge in [0.2, 0.25) is 0 Å². The molecule has 0 atom stereocenters. The van der Waals surface area contributed by atoms with Crippen LogP contribution in [0.25, 0.3) is 22.8 Å². The van der Waals surface area contributed by atoms with Gasteiger partial charge < -0.3 is 10.3 Å². The minimum Gasteiger partial charge on any atom is -0.356 e. The largest absolute Gasteiger partial charge is 0.356 e. The molecule has 2 aromatic heterocycles. The molecule has 1 aliphatic heterocycles. The third kappa shape index (κ3) is 2.46. The number of nitrogens with one attached hydrogen (secondary N) is 2. The Hall–Kier alpha value is -3.02. The van der Waals surface area contributed by atoms with Gasteiger partial charge in [-0.3, -0.25) is 4.79 Å². The van der Waals surface area contributed by atoms with E-state index in [2.05, 4.69) is 20.3 Å². The molecule has 0 aliphatic carbocycles. The van der Waals surface area contributed by atoms with Crippen molar-refractivity contribution in [2.24, 2.45) is 0 Å². The summed E-state index contributed by atoms with van der Waals surface area (Å²) in [7, 11) is 0. The molecule has 1 amide bonds. The molecular weight excluding hydrogens is 307 g/mol. The van der Waals surface area contributed by atoms with Crippen LogP contribution in [-0.2, 0) is 6.42 Å². The predicted octanol–water partition coefficient (Wildman–Crippen LogP) is 2.87. The van der Waals surface area contributed by atoms with Crippen LogP contribution in [0.3, 0.4) is 0 Å². The summed E-state index contributed by atoms with van der Waals surface area (Å²) in [4.78, 5) is 23.8. The maximum Gasteiger partial charge on any atom is 0.253 e. The van der Waals surface area contributed by atoms with Crippen LogP contribution in [0, 0.1) is 12.7 Å². The highest BCUT2D eigenvalue weighted by Crippen LogP contribution is 2.25. The van der Waals surface area contributed by atoms with E-state index in [0.29, 0.717) is 29.2 Å². The smallest absolute Gasteiger partial charge is 0.253 e. The van der Waals surface area contributed by atoms with Crippen LogP contribution < -0.4 is 5.32 Å². The van der Waals surface area contributed by atoms with Gasteiger partial charge in [0.1, 0.15) is 5.82 Å². The minimum atomic E-state index is -0.350. The van der Waals surface area contributed by atoms with Crippen LogP contribution in [0.2, 0.25) is 0 Å². The third-order valence-corrected chi connectivity index (χ3v) is 4.10. The van der Waals surface area contributed by atoms with Gasteiger partial charge in [0, 0.05) is 24.9 Å². The van der Waals surface area contributed by atoms with Gasteiger partial charge in [-0.15, -0.1) is 0 Å². The second-order valence-electron chi connectivity index (χ2n) is 5.83. The van der Waals surface area contributed by atoms with Crippen molar-refractivity contribution in [1.29, 1.82) is 0 Å². The number of hydrogen-bond donors (Lipinski definition) is 2. The normalized spacial score (nSPS) is 13.5. The molecule has 0 bridgehead atoms. The molecule has 0 spiro atoms. The summed E-state index contributed by atoms with van der Waals surface area (Å²) in [5.74, 6) is -0.114. The average molecular weight is 322 g/mol. The molecule has 0 radical (unpaired) electrons. The lowest BCUT2D eigenvalue weighted by Gasteiger charge is -2.10. The number of halogens is 1. The second kappa shape index (κ2) is 5.56. The fraction of sp³-hybridized carbons (Fsp3) is 0.167. The number of benzene rings is 1. The van der Waals surface area contributed by atoms with Gasteiger partial charge in [-0.25, -0.2) is 14.4 Å². The summed E-state index contributed by atoms with van der Waals surface area (Å²) >= 11 is 0. The van der Waals surface area contributed by atoms with Gasteiger partial charge in [-0.2, -0.15) is 0 Å². The highest BCUT2D eigenvalue weighted by molar-refractivity contribution is 5.97. The van der Waals surface area contributed by atoms with E-state index in [9.17, 15) is 9.18 Å². The fourth-order valence-electron chi connectivity index (χ4n) is 2.87. The molecular formula is C18H15FN4O. The summed E-state index contributed by atoms with van der Waals surface area (Å²) in [5.41, 5.74) is 4.09. The molecule has 6 heteroatoms. The minimum absolute atomic E-state index is 0.0855. The van der Waals surface area contributed by atoms with Gasteiger partial charge in [0.25, 0.3) is 5.91 Å². The van der Waals surface area contributed by atoms with E-state index in [0.717, 1.165) is 23.4 Å². The SMILES string of the molecule is Cc1ccc(-c2nccc(-c3cc4c([nH]3)CCNC4=O)n2)c(F)c1. The Morgan fingerprint density at radius 2 is 2.04 bits per heavy atom. The first-order valence-electron chi connectivity index (χ1n) is 7.72. The number of nitrogens with zero attached hydrogens (tertiary/aromatic N) is 2. The van der Waals surface area contributed by atoms with E-state index in [1.807, 2.05) is 13.0 Å². The maximum atomic E-state index is 14.2. The lowest BCUT2D eigenvalue weighted by molar-refractivity contribution is 0.0946. The number of aryl methyl sites for hydroxylation is 1. The molecule has 0 fully saturated rings. The molecule has 3 aromatic rings. The van der Waals surface area contributed by atoms with Crippen molar-refractivity contribution in [3.05, 3.63) is 59.2 Å². The van der Waals surface area contributed by atoms with Gasteiger partial charge in [0.05, 0.1) is 22.5 Å². The van der Waals surface area contributed by atoms with Crippen molar-refractivity contribution in [2.75, 3.05) is 6.54 Å². The Morgan fingerprint density at radius 3 is 2.83 bits per heavy atom. The first kappa shape index (κ1) is 14.6. The van der Waals surface area contributed by atoms with E-state index >= 15 is 0 Å². The van der Waals surface area contributed by atoms with Crippen molar-refractivity contribution in [3.63, 3.8) is 0 Å². The van der Waals surface area contributed by atoms with E-state index in [1.165, 1.54) is 6.07 Å². The Labute approximate surface area is 138 Å². The van der Waals surface area contributed by atoms with Crippen LogP contribution >= 0.6 is 0 Å². The fourth-order valence-corrected chi connectivity index (χ4v) is 2.87. The van der Waals surface area contributed by atoms with Crippen molar-refractivity contribution >= 4 is 5.91 Å². The molecule has 2 N–H and O–H groups in total. The quantitative estimate of drug-likeness (QED) is 0.762. The maximum absolute atomic E-state index is 14.2. The molecule has 0 saturated heterocycles. The number of aromatic amines is 1. The lowest BCUT2D eigenvalue weighted by atomic mass is 10.1. The Kier molecular flexibility index (Phi) is 3.37. The summed E-state index contributed by atoms with van der Waals surface area (Å²) in [5, 5.41) is 2.81. The Morgan fingerprint density at radius 1 is 1.17 bits per heavy atom. The number of carbonyl (C=O) groups excluding carboxylic acids is 1. The predicted molar refractivity (Wildman–Crippen MR) is 88.0 cm³/mol. The average Bonchev–Trinajstić information content (AvgIpc) is 3.01. The van der Waals surface area contributed by atoms with E-state index in [-0.39, 0.29) is 11.7 Å². The van der Waals surface area contributed by atoms with E-state index in [4.69, 9.17) is 0 Å². The van der Waals surface area contributed by atoms with Crippen LogP contribution in [-0.4, -0.2) is 27.4 Å². The molecule has 0 unspecified atom stereocenters. The van der Waals surface area contributed by atoms with Crippen LogP contribution in [0.15, 0.2) is 36.5 Å². The van der Waals surface area contributed by atoms with Crippen molar-refractivity contribution in [3.8, 4) is 22.8 Å². The monoisotopic (exact) mass is 322 g/mol. The van der Waals surface area contributed by atoms with Crippen LogP contribution in [0.5, 0.6) is 0 Å². The number of rotatable bonds is 2. The van der Waals surface area contributed by atoms with Crippen LogP contribution in [0.1, 0.15) is 21.6 Å². The zero-order valence-corrected chi connectivity index (χ0v) is 13.1. The molecule has 0 saturated carbocycles. The highest BCUT2D eigenvalue weighted by Gasteiger charge is 2.20. The number of amides is 1. The van der Waals surface area contributed by atoms with Gasteiger partial charge in [0.15, 0.2) is 5.82 Å². The van der Waals surface area contributed by atoms with Gasteiger partial charge in [-0.1, -0.05) is 6.07 Å². The molecule has 1 aromatic carbocycles. The lowest BCUT2D eigenvalue weighted by Crippen LogP contribution is -2.31. The van der Waals surface area contributed by atoms with Crippen molar-refractivity contribution in [1.82, 2.24) is 20.3 Å². The van der Waals surface area contributed by atoms with Crippen LogP contribution in [0.4, 0.5) is 4.39 Å². The zero-order valence-electron chi connectivity index (χ0n) is 13.1. The summed E-state index contributed by atoms with van der Waals surface area (Å²) in [6.45, 7) is 2.45. The second-order valence-corrected chi connectivity index (χ2v) is 5.83. The van der Waals surface area contributed by atoms with E-state index < -0.39 is 0 Å². The molecule has 3 heterocycles. The van der Waals surface area contributed by atoms with Crippen molar-refractivity contribution in [2.45, 2.75) is 13.3 Å². The summed E-state index contributed by atoms with van der Waals surface area (Å²) in [6.07, 6.45) is 2.35. The molecule has 4 rings (SSSR count). The summed E-state index contributed by atoms with van der Waals surface area (Å²) < 4.78 is 14.2. The number of H-pyrrole nitrogens is 1. The highest BCUT2D eigenvalue weighted by atomic mass is 19.1. The Bertz CT molecular complexity index is 948. The topological polar surface area (TPSA) is 70.7 Å². The number of carbonyl (C=O) groups is 1. The van der Waals surface area contributed by atoms with E-state index in [1.54, 1.807) is 24.4 Å². The molecule has 24 heavy (non-hydrogen) atoms. The number of fused-ring (bicyclic) bond motifs is 1. The zero-order chi connectivity index (χ0) is 16.7. The third-order valence-electron chi connectivity index (χ3n) is 4.10. The number of hydrogen-bond acceptors (Lipinski definition) is 3. The van der Waals surface area contributed by atoms with Crippen molar-refractivity contribution < 1.29 is 9.18 Å². The summed E-state index contributed by atoms with van der Waals surface area (Å²) in [6, 6.07) is 8.48. The Balaban J connectivity index is 1.77. The van der Waals surface area contributed by atoms with Gasteiger partial charge >= 0.3 is 0 Å². The first-order chi connectivity index (χ1) is 11.6. The first-order valence-corrected chi connectivity index (χ1v) is 7.72. The molecule has 1 aliphatic rings. The van der Waals surface area contributed by atoms with Gasteiger partial charge in [-0.05, 0) is 36.8 Å². The molecule has 120 valence electrons. The molecule has 5 nitrogen and oxygen atoms in total. The number of aromatic nitrogens is 3.